The van der Waals surface area contributed by atoms with Crippen molar-refractivity contribution in [2.24, 2.45) is 0 Å². The number of carbonyl (C=O) groups excluding carboxylic acids is 1. The first kappa shape index (κ1) is 13.3. The fourth-order valence-electron chi connectivity index (χ4n) is 1.10. The van der Waals surface area contributed by atoms with Gasteiger partial charge in [-0.15, -0.1) is 0 Å². The zero-order valence-electron chi connectivity index (χ0n) is 8.66. The molecule has 0 aliphatic carbocycles. The molecule has 17 heavy (non-hydrogen) atoms. The number of hydrogen-bond acceptors (Lipinski definition) is 3. The van der Waals surface area contributed by atoms with E-state index in [0.717, 1.165) is 12.1 Å². The fourth-order valence-corrected chi connectivity index (χ4v) is 1.10. The van der Waals surface area contributed by atoms with Crippen LogP contribution in [0.2, 0.25) is 0 Å². The van der Waals surface area contributed by atoms with E-state index in [-0.39, 0.29) is 11.3 Å². The lowest BCUT2D eigenvalue weighted by Gasteiger charge is -2.11. The summed E-state index contributed by atoms with van der Waals surface area (Å²) >= 11 is 0. The largest absolute Gasteiger partial charge is 0.399 e. The van der Waals surface area contributed by atoms with Crippen LogP contribution in [0, 0.1) is 5.82 Å². The predicted octanol–water partition coefficient (Wildman–Crippen LogP) is 0.764. The molecule has 4 N–H and O–H groups in total. The zero-order chi connectivity index (χ0) is 13.0. The van der Waals surface area contributed by atoms with E-state index in [1.165, 1.54) is 6.07 Å². The van der Waals surface area contributed by atoms with E-state index < -0.39 is 30.8 Å². The molecule has 1 aromatic carbocycles. The number of nitrogens with one attached hydrogen (secondary N) is 1. The summed E-state index contributed by atoms with van der Waals surface area (Å²) in [6, 6.07) is 3.38. The molecule has 1 amide bonds. The number of amides is 1. The average Bonchev–Trinajstić information content (AvgIpc) is 2.25. The van der Waals surface area contributed by atoms with E-state index in [1.807, 2.05) is 5.32 Å². The van der Waals surface area contributed by atoms with Crippen molar-refractivity contribution in [3.8, 4) is 0 Å². The molecule has 0 saturated heterocycles. The summed E-state index contributed by atoms with van der Waals surface area (Å²) in [6.07, 6.45) is -4.94. The third-order valence-corrected chi connectivity index (χ3v) is 2.00. The molecule has 94 valence electrons. The molecule has 0 radical (unpaired) electrons. The highest BCUT2D eigenvalue weighted by molar-refractivity contribution is 5.94. The van der Waals surface area contributed by atoms with E-state index in [0.29, 0.717) is 0 Å². The van der Waals surface area contributed by atoms with Gasteiger partial charge < -0.3 is 16.2 Å². The maximum atomic E-state index is 13.2. The standard InChI is InChI=1S/C10H11F3N2O2/c11-7-3-5(14)1-2-6(7)10(17)15-4-8(16)9(12)13/h1-3,8-9,16H,4,14H2,(H,15,17). The summed E-state index contributed by atoms with van der Waals surface area (Å²) in [5.74, 6) is -1.74. The number of halogens is 3. The van der Waals surface area contributed by atoms with Gasteiger partial charge in [-0.2, -0.15) is 0 Å². The van der Waals surface area contributed by atoms with E-state index >= 15 is 0 Å². The molecule has 1 aromatic rings. The monoisotopic (exact) mass is 248 g/mol. The highest BCUT2D eigenvalue weighted by Crippen LogP contribution is 2.11. The molecular formula is C10H11F3N2O2. The highest BCUT2D eigenvalue weighted by atomic mass is 19.3. The molecule has 0 aromatic heterocycles. The Kier molecular flexibility index (Phi) is 4.33. The number of nitrogen functional groups attached to an aromatic ring is 1. The highest BCUT2D eigenvalue weighted by Gasteiger charge is 2.19. The van der Waals surface area contributed by atoms with Gasteiger partial charge in [0.1, 0.15) is 11.9 Å². The lowest BCUT2D eigenvalue weighted by Crippen LogP contribution is -2.36. The molecule has 0 aliphatic heterocycles. The molecule has 7 heteroatoms. The molecular weight excluding hydrogens is 237 g/mol. The number of aliphatic hydroxyl groups excluding tert-OH is 1. The van der Waals surface area contributed by atoms with Crippen molar-refractivity contribution in [2.45, 2.75) is 12.5 Å². The van der Waals surface area contributed by atoms with Crippen LogP contribution in [0.3, 0.4) is 0 Å². The first-order chi connectivity index (χ1) is 7.91. The maximum Gasteiger partial charge on any atom is 0.265 e. The van der Waals surface area contributed by atoms with Gasteiger partial charge in [0.05, 0.1) is 5.56 Å². The van der Waals surface area contributed by atoms with Crippen molar-refractivity contribution in [3.05, 3.63) is 29.6 Å². The molecule has 0 saturated carbocycles. The first-order valence-electron chi connectivity index (χ1n) is 4.71. The number of nitrogens with two attached hydrogens (primary N) is 1. The van der Waals surface area contributed by atoms with Crippen molar-refractivity contribution in [2.75, 3.05) is 12.3 Å². The number of alkyl halides is 2. The minimum Gasteiger partial charge on any atom is -0.399 e. The van der Waals surface area contributed by atoms with Crippen molar-refractivity contribution >= 4 is 11.6 Å². The lowest BCUT2D eigenvalue weighted by atomic mass is 10.2. The summed E-state index contributed by atoms with van der Waals surface area (Å²) in [5.41, 5.74) is 5.10. The molecule has 1 rings (SSSR count). The second-order valence-corrected chi connectivity index (χ2v) is 3.35. The minimum absolute atomic E-state index is 0.145. The van der Waals surface area contributed by atoms with Crippen LogP contribution in [0.5, 0.6) is 0 Å². The van der Waals surface area contributed by atoms with E-state index in [4.69, 9.17) is 10.8 Å². The summed E-state index contributed by atoms with van der Waals surface area (Å²) in [4.78, 5) is 11.4. The number of carbonyl (C=O) groups is 1. The van der Waals surface area contributed by atoms with Crippen LogP contribution in [0.25, 0.3) is 0 Å². The smallest absolute Gasteiger partial charge is 0.265 e. The van der Waals surface area contributed by atoms with Gasteiger partial charge >= 0.3 is 0 Å². The van der Waals surface area contributed by atoms with Crippen molar-refractivity contribution in [3.63, 3.8) is 0 Å². The van der Waals surface area contributed by atoms with Crippen LogP contribution < -0.4 is 11.1 Å². The third kappa shape index (κ3) is 3.63. The van der Waals surface area contributed by atoms with Crippen LogP contribution >= 0.6 is 0 Å². The summed E-state index contributed by atoms with van der Waals surface area (Å²) < 4.78 is 37.1. The van der Waals surface area contributed by atoms with Gasteiger partial charge in [0.15, 0.2) is 0 Å². The van der Waals surface area contributed by atoms with Crippen molar-refractivity contribution in [1.82, 2.24) is 5.32 Å². The molecule has 0 aliphatic rings. The van der Waals surface area contributed by atoms with Crippen LogP contribution in [-0.4, -0.2) is 30.1 Å². The van der Waals surface area contributed by atoms with Crippen LogP contribution in [0.15, 0.2) is 18.2 Å². The van der Waals surface area contributed by atoms with Gasteiger partial charge in [-0.1, -0.05) is 0 Å². The van der Waals surface area contributed by atoms with E-state index in [2.05, 4.69) is 0 Å². The normalized spacial score (nSPS) is 12.5. The lowest BCUT2D eigenvalue weighted by molar-refractivity contribution is -0.00272. The second-order valence-electron chi connectivity index (χ2n) is 3.35. The Morgan fingerprint density at radius 2 is 2.12 bits per heavy atom. The van der Waals surface area contributed by atoms with Gasteiger partial charge in [0, 0.05) is 12.2 Å². The van der Waals surface area contributed by atoms with E-state index in [1.54, 1.807) is 0 Å². The summed E-state index contributed by atoms with van der Waals surface area (Å²) in [5, 5.41) is 10.7. The van der Waals surface area contributed by atoms with Crippen LogP contribution in [0.1, 0.15) is 10.4 Å². The van der Waals surface area contributed by atoms with Gasteiger partial charge in [-0.3, -0.25) is 4.79 Å². The Bertz CT molecular complexity index is 413. The first-order valence-corrected chi connectivity index (χ1v) is 4.71. The number of anilines is 1. The Hall–Kier alpha value is -1.76. The molecule has 0 bridgehead atoms. The Morgan fingerprint density at radius 3 is 2.65 bits per heavy atom. The number of aliphatic hydroxyl groups is 1. The van der Waals surface area contributed by atoms with Crippen molar-refractivity contribution in [1.29, 1.82) is 0 Å². The van der Waals surface area contributed by atoms with Crippen LogP contribution in [0.4, 0.5) is 18.9 Å². The van der Waals surface area contributed by atoms with Crippen LogP contribution in [-0.2, 0) is 0 Å². The third-order valence-electron chi connectivity index (χ3n) is 2.00. The number of benzene rings is 1. The van der Waals surface area contributed by atoms with E-state index in [9.17, 15) is 18.0 Å². The summed E-state index contributed by atoms with van der Waals surface area (Å²) in [6.45, 7) is -0.652. The van der Waals surface area contributed by atoms with Gasteiger partial charge in [-0.25, -0.2) is 13.2 Å². The molecule has 0 heterocycles. The van der Waals surface area contributed by atoms with Gasteiger partial charge in [0.25, 0.3) is 12.3 Å². The quantitative estimate of drug-likeness (QED) is 0.689. The maximum absolute atomic E-state index is 13.2. The van der Waals surface area contributed by atoms with Crippen molar-refractivity contribution < 1.29 is 23.1 Å². The SMILES string of the molecule is Nc1ccc(C(=O)NCC(O)C(F)F)c(F)c1. The second kappa shape index (κ2) is 5.53. The topological polar surface area (TPSA) is 75.4 Å². The zero-order valence-corrected chi connectivity index (χ0v) is 8.66. The predicted molar refractivity (Wildman–Crippen MR) is 55.2 cm³/mol. The Labute approximate surface area is 95.2 Å². The molecule has 1 atom stereocenters. The Morgan fingerprint density at radius 1 is 1.47 bits per heavy atom. The molecule has 0 spiro atoms. The van der Waals surface area contributed by atoms with Gasteiger partial charge in [0.2, 0.25) is 0 Å². The number of hydrogen-bond donors (Lipinski definition) is 3. The molecule has 0 fully saturated rings. The van der Waals surface area contributed by atoms with Gasteiger partial charge in [-0.05, 0) is 18.2 Å². The summed E-state index contributed by atoms with van der Waals surface area (Å²) in [7, 11) is 0. The fraction of sp³-hybridized carbons (Fsp3) is 0.300. The molecule has 4 nitrogen and oxygen atoms in total. The Balaban J connectivity index is 2.64. The molecule has 1 unspecified atom stereocenters. The average molecular weight is 248 g/mol. The number of rotatable bonds is 4. The minimum atomic E-state index is -2.97.